The second-order valence-corrected chi connectivity index (χ2v) is 8.87. The Bertz CT molecular complexity index is 1010. The lowest BCUT2D eigenvalue weighted by atomic mass is 9.99. The molecule has 1 aromatic heterocycles. The minimum Gasteiger partial charge on any atom is -0.493 e. The molecule has 3 aromatic rings. The SMILES string of the molecule is COc1cc(-n2ccc(SCc3ccccc3)nc2=O)ccc1OCC(C)(C)C. The van der Waals surface area contributed by atoms with Crippen LogP contribution in [0.3, 0.4) is 0 Å². The highest BCUT2D eigenvalue weighted by Gasteiger charge is 2.14. The Labute approximate surface area is 175 Å². The Morgan fingerprint density at radius 1 is 1.03 bits per heavy atom. The van der Waals surface area contributed by atoms with Crippen molar-refractivity contribution in [3.63, 3.8) is 0 Å². The summed E-state index contributed by atoms with van der Waals surface area (Å²) in [5.41, 5.74) is 1.59. The molecule has 1 heterocycles. The van der Waals surface area contributed by atoms with Crippen molar-refractivity contribution >= 4 is 11.8 Å². The quantitative estimate of drug-likeness (QED) is 0.407. The molecule has 0 saturated carbocycles. The topological polar surface area (TPSA) is 53.4 Å². The number of ether oxygens (including phenoxy) is 2. The zero-order valence-corrected chi connectivity index (χ0v) is 18.0. The highest BCUT2D eigenvalue weighted by molar-refractivity contribution is 7.98. The molecule has 5 nitrogen and oxygen atoms in total. The molecule has 0 N–H and O–H groups in total. The Morgan fingerprint density at radius 3 is 2.45 bits per heavy atom. The van der Waals surface area contributed by atoms with E-state index in [4.69, 9.17) is 9.47 Å². The van der Waals surface area contributed by atoms with Gasteiger partial charge in [-0.15, -0.1) is 11.8 Å². The van der Waals surface area contributed by atoms with Crippen molar-refractivity contribution in [3.05, 3.63) is 76.8 Å². The fourth-order valence-electron chi connectivity index (χ4n) is 2.62. The zero-order chi connectivity index (χ0) is 20.9. The van der Waals surface area contributed by atoms with Gasteiger partial charge in [0, 0.05) is 18.0 Å². The molecule has 0 amide bonds. The first-order chi connectivity index (χ1) is 13.9. The first-order valence-electron chi connectivity index (χ1n) is 9.43. The summed E-state index contributed by atoms with van der Waals surface area (Å²) in [6, 6.07) is 17.4. The van der Waals surface area contributed by atoms with Crippen molar-refractivity contribution in [2.45, 2.75) is 31.6 Å². The Balaban J connectivity index is 1.77. The van der Waals surface area contributed by atoms with E-state index in [9.17, 15) is 4.79 Å². The maximum absolute atomic E-state index is 12.6. The van der Waals surface area contributed by atoms with Crippen LogP contribution in [0.25, 0.3) is 5.69 Å². The fraction of sp³-hybridized carbons (Fsp3) is 0.304. The van der Waals surface area contributed by atoms with Gasteiger partial charge in [0.25, 0.3) is 0 Å². The summed E-state index contributed by atoms with van der Waals surface area (Å²) < 4.78 is 12.8. The number of benzene rings is 2. The lowest BCUT2D eigenvalue weighted by Gasteiger charge is -2.20. The summed E-state index contributed by atoms with van der Waals surface area (Å²) in [4.78, 5) is 16.8. The molecule has 0 saturated heterocycles. The molecular weight excluding hydrogens is 384 g/mol. The Morgan fingerprint density at radius 2 is 1.79 bits per heavy atom. The second-order valence-electron chi connectivity index (χ2n) is 7.88. The van der Waals surface area contributed by atoms with E-state index < -0.39 is 0 Å². The smallest absolute Gasteiger partial charge is 0.353 e. The molecule has 2 aromatic carbocycles. The summed E-state index contributed by atoms with van der Waals surface area (Å²) in [5, 5.41) is 0.701. The van der Waals surface area contributed by atoms with Gasteiger partial charge in [-0.05, 0) is 29.2 Å². The molecule has 29 heavy (non-hydrogen) atoms. The molecule has 0 aliphatic carbocycles. The van der Waals surface area contributed by atoms with Crippen LogP contribution in [0.2, 0.25) is 0 Å². The second kappa shape index (κ2) is 9.18. The van der Waals surface area contributed by atoms with Crippen molar-refractivity contribution in [2.24, 2.45) is 5.41 Å². The number of nitrogens with zero attached hydrogens (tertiary/aromatic N) is 2. The Kier molecular flexibility index (Phi) is 6.64. The molecule has 152 valence electrons. The van der Waals surface area contributed by atoms with Gasteiger partial charge < -0.3 is 9.47 Å². The number of rotatable bonds is 7. The van der Waals surface area contributed by atoms with Gasteiger partial charge in [0.2, 0.25) is 0 Å². The summed E-state index contributed by atoms with van der Waals surface area (Å²) in [6.45, 7) is 6.89. The number of methoxy groups -OCH3 is 1. The van der Waals surface area contributed by atoms with Gasteiger partial charge in [-0.2, -0.15) is 4.98 Å². The molecule has 0 radical (unpaired) electrons. The maximum Gasteiger partial charge on any atom is 0.353 e. The lowest BCUT2D eigenvalue weighted by molar-refractivity contribution is 0.191. The highest BCUT2D eigenvalue weighted by Crippen LogP contribution is 2.30. The van der Waals surface area contributed by atoms with Gasteiger partial charge in [-0.1, -0.05) is 51.1 Å². The monoisotopic (exact) mass is 410 g/mol. The number of aromatic nitrogens is 2. The molecule has 6 heteroatoms. The van der Waals surface area contributed by atoms with Gasteiger partial charge >= 0.3 is 5.69 Å². The largest absolute Gasteiger partial charge is 0.493 e. The predicted molar refractivity (Wildman–Crippen MR) is 117 cm³/mol. The number of hydrogen-bond donors (Lipinski definition) is 0. The highest BCUT2D eigenvalue weighted by atomic mass is 32.2. The van der Waals surface area contributed by atoms with E-state index in [0.29, 0.717) is 28.8 Å². The first kappa shape index (κ1) is 21.0. The predicted octanol–water partition coefficient (Wildman–Crippen LogP) is 4.96. The van der Waals surface area contributed by atoms with Crippen LogP contribution < -0.4 is 15.2 Å². The third-order valence-corrected chi connectivity index (χ3v) is 5.09. The zero-order valence-electron chi connectivity index (χ0n) is 17.2. The Hall–Kier alpha value is -2.73. The van der Waals surface area contributed by atoms with Crippen LogP contribution in [0.1, 0.15) is 26.3 Å². The van der Waals surface area contributed by atoms with Crippen LogP contribution in [0.5, 0.6) is 11.5 Å². The number of hydrogen-bond acceptors (Lipinski definition) is 5. The van der Waals surface area contributed by atoms with E-state index in [2.05, 4.69) is 37.9 Å². The van der Waals surface area contributed by atoms with E-state index in [0.717, 1.165) is 5.75 Å². The van der Waals surface area contributed by atoms with Crippen LogP contribution in [0, 0.1) is 5.41 Å². The van der Waals surface area contributed by atoms with Gasteiger partial charge in [-0.3, -0.25) is 4.57 Å². The van der Waals surface area contributed by atoms with E-state index >= 15 is 0 Å². The summed E-state index contributed by atoms with van der Waals surface area (Å²) in [7, 11) is 1.59. The van der Waals surface area contributed by atoms with Crippen LogP contribution in [-0.4, -0.2) is 23.3 Å². The average Bonchev–Trinajstić information content (AvgIpc) is 2.71. The van der Waals surface area contributed by atoms with Crippen molar-refractivity contribution in [1.82, 2.24) is 9.55 Å². The van der Waals surface area contributed by atoms with E-state index in [1.165, 1.54) is 10.1 Å². The molecule has 0 aliphatic rings. The minimum absolute atomic E-state index is 0.0395. The van der Waals surface area contributed by atoms with Crippen LogP contribution in [0.15, 0.2) is 70.6 Å². The number of thioether (sulfide) groups is 1. The van der Waals surface area contributed by atoms with E-state index in [1.807, 2.05) is 36.4 Å². The minimum atomic E-state index is -0.325. The van der Waals surface area contributed by atoms with Crippen molar-refractivity contribution in [3.8, 4) is 17.2 Å². The summed E-state index contributed by atoms with van der Waals surface area (Å²) >= 11 is 1.54. The van der Waals surface area contributed by atoms with Crippen LogP contribution in [0.4, 0.5) is 0 Å². The summed E-state index contributed by atoms with van der Waals surface area (Å²) in [5.74, 6) is 2.01. The summed E-state index contributed by atoms with van der Waals surface area (Å²) in [6.07, 6.45) is 1.74. The maximum atomic E-state index is 12.6. The first-order valence-corrected chi connectivity index (χ1v) is 10.4. The van der Waals surface area contributed by atoms with Crippen molar-refractivity contribution in [1.29, 1.82) is 0 Å². The van der Waals surface area contributed by atoms with Crippen LogP contribution in [-0.2, 0) is 5.75 Å². The third-order valence-electron chi connectivity index (χ3n) is 4.09. The molecule has 0 bridgehead atoms. The van der Waals surface area contributed by atoms with Gasteiger partial charge in [0.15, 0.2) is 11.5 Å². The average molecular weight is 411 g/mol. The molecule has 0 fully saturated rings. The van der Waals surface area contributed by atoms with Gasteiger partial charge in [0.1, 0.15) is 5.03 Å². The third kappa shape index (κ3) is 5.87. The fourth-order valence-corrected chi connectivity index (χ4v) is 3.42. The molecular formula is C23H26N2O3S. The molecule has 0 aliphatic heterocycles. The van der Waals surface area contributed by atoms with Gasteiger partial charge in [0.05, 0.1) is 19.4 Å². The van der Waals surface area contributed by atoms with Crippen LogP contribution >= 0.6 is 11.8 Å². The standard InChI is InChI=1S/C23H26N2O3S/c1-23(2,3)16-28-19-11-10-18(14-20(19)27-4)25-13-12-21(24-22(25)26)29-15-17-8-6-5-7-9-17/h5-14H,15-16H2,1-4H3. The van der Waals surface area contributed by atoms with Crippen molar-refractivity contribution in [2.75, 3.05) is 13.7 Å². The van der Waals surface area contributed by atoms with E-state index in [-0.39, 0.29) is 11.1 Å². The van der Waals surface area contributed by atoms with Gasteiger partial charge in [-0.25, -0.2) is 4.79 Å². The van der Waals surface area contributed by atoms with E-state index in [1.54, 1.807) is 31.1 Å². The normalized spacial score (nSPS) is 11.3. The molecule has 0 unspecified atom stereocenters. The lowest BCUT2D eigenvalue weighted by Crippen LogP contribution is -2.21. The molecule has 3 rings (SSSR count). The van der Waals surface area contributed by atoms with Crippen molar-refractivity contribution < 1.29 is 9.47 Å². The molecule has 0 atom stereocenters. The molecule has 0 spiro atoms.